The molecule has 0 saturated carbocycles. The van der Waals surface area contributed by atoms with E-state index < -0.39 is 12.0 Å². The maximum Gasteiger partial charge on any atom is 0.338 e. The molecule has 0 radical (unpaired) electrons. The van der Waals surface area contributed by atoms with Crippen molar-refractivity contribution >= 4 is 34.3 Å². The van der Waals surface area contributed by atoms with E-state index in [0.717, 1.165) is 22.0 Å². The summed E-state index contributed by atoms with van der Waals surface area (Å²) in [7, 11) is 4.53. The lowest BCUT2D eigenvalue weighted by Crippen LogP contribution is -2.40. The van der Waals surface area contributed by atoms with Crippen molar-refractivity contribution in [2.24, 2.45) is 4.99 Å². The number of thiazole rings is 1. The number of hydrogen-bond acceptors (Lipinski definition) is 9. The fourth-order valence-corrected chi connectivity index (χ4v) is 7.02. The number of hydrogen-bond donors (Lipinski definition) is 0. The molecule has 0 bridgehead atoms. The van der Waals surface area contributed by atoms with Gasteiger partial charge in [-0.25, -0.2) is 9.79 Å². The van der Waals surface area contributed by atoms with Crippen molar-refractivity contribution in [1.82, 2.24) is 9.13 Å². The van der Waals surface area contributed by atoms with Crippen LogP contribution in [0.3, 0.4) is 0 Å². The van der Waals surface area contributed by atoms with Crippen molar-refractivity contribution in [2.75, 3.05) is 27.9 Å². The van der Waals surface area contributed by atoms with Crippen LogP contribution in [0.2, 0.25) is 0 Å². The molecule has 1 aliphatic heterocycles. The summed E-state index contributed by atoms with van der Waals surface area (Å²) in [6, 6.07) is 20.3. The lowest BCUT2D eigenvalue weighted by Gasteiger charge is -2.26. The fraction of sp³-hybridized carbons (Fsp3) is 0.222. The molecule has 11 heteroatoms. The number of carbonyl (C=O) groups excluding carboxylic acids is 1. The summed E-state index contributed by atoms with van der Waals surface area (Å²) in [6.07, 6.45) is 3.84. The average molecular weight is 649 g/mol. The van der Waals surface area contributed by atoms with Gasteiger partial charge < -0.3 is 23.5 Å². The van der Waals surface area contributed by atoms with E-state index >= 15 is 0 Å². The van der Waals surface area contributed by atoms with E-state index in [1.54, 1.807) is 32.0 Å². The number of aromatic nitrogens is 2. The highest BCUT2D eigenvalue weighted by molar-refractivity contribution is 7.07. The van der Waals surface area contributed by atoms with Crippen molar-refractivity contribution in [2.45, 2.75) is 26.4 Å². The second-order valence-corrected chi connectivity index (χ2v) is 11.8. The number of nitrogens with zero attached hydrogens (tertiary/aromatic N) is 4. The lowest BCUT2D eigenvalue weighted by molar-refractivity contribution is -0.139. The molecular formula is C36H32N4O6S. The van der Waals surface area contributed by atoms with Gasteiger partial charge in [-0.3, -0.25) is 9.36 Å². The molecule has 10 nitrogen and oxygen atoms in total. The first-order chi connectivity index (χ1) is 22.8. The van der Waals surface area contributed by atoms with Gasteiger partial charge in [-0.1, -0.05) is 47.7 Å². The third-order valence-electron chi connectivity index (χ3n) is 8.10. The SMILES string of the molecule is CCOC(=O)C1=C(C)N=c2s/c(=C\c3cn(Cc4ccccc4C#N)c4ccccc34)c(=O)n2[C@@H]1c1cc(OC)c(OC)c(OC)c1. The Morgan fingerprint density at radius 1 is 1.04 bits per heavy atom. The van der Waals surface area contributed by atoms with E-state index in [0.29, 0.717) is 50.0 Å². The zero-order valence-electron chi connectivity index (χ0n) is 26.6. The van der Waals surface area contributed by atoms with Crippen molar-refractivity contribution in [3.05, 3.63) is 120 Å². The molecule has 0 spiro atoms. The summed E-state index contributed by atoms with van der Waals surface area (Å²) in [4.78, 5) is 32.9. The molecule has 5 aromatic rings. The molecule has 0 fully saturated rings. The molecule has 0 amide bonds. The molecule has 3 aromatic carbocycles. The van der Waals surface area contributed by atoms with Gasteiger partial charge in [0, 0.05) is 29.2 Å². The van der Waals surface area contributed by atoms with Crippen molar-refractivity contribution in [1.29, 1.82) is 5.26 Å². The topological polar surface area (TPSA) is 117 Å². The Balaban J connectivity index is 1.55. The van der Waals surface area contributed by atoms with Gasteiger partial charge in [0.2, 0.25) is 5.75 Å². The number of esters is 1. The summed E-state index contributed by atoms with van der Waals surface area (Å²) < 4.78 is 26.2. The Hall–Kier alpha value is -5.60. The quantitative estimate of drug-likeness (QED) is 0.213. The molecule has 1 aliphatic rings. The summed E-state index contributed by atoms with van der Waals surface area (Å²) in [5.41, 5.74) is 4.26. The summed E-state index contributed by atoms with van der Waals surface area (Å²) in [5.74, 6) is 0.584. The first kappa shape index (κ1) is 31.4. The van der Waals surface area contributed by atoms with Crippen LogP contribution in [0, 0.1) is 11.3 Å². The van der Waals surface area contributed by atoms with Crippen molar-refractivity contribution in [3.63, 3.8) is 0 Å². The normalized spacial score (nSPS) is 14.4. The molecule has 238 valence electrons. The number of methoxy groups -OCH3 is 3. The van der Waals surface area contributed by atoms with E-state index in [1.807, 2.05) is 54.7 Å². The van der Waals surface area contributed by atoms with Gasteiger partial charge in [0.05, 0.1) is 61.4 Å². The number of carbonyl (C=O) groups is 1. The van der Waals surface area contributed by atoms with Crippen LogP contribution in [0.15, 0.2) is 87.9 Å². The minimum absolute atomic E-state index is 0.158. The van der Waals surface area contributed by atoms with E-state index in [4.69, 9.17) is 23.9 Å². The monoisotopic (exact) mass is 648 g/mol. The summed E-state index contributed by atoms with van der Waals surface area (Å²) in [5, 5.41) is 10.6. The van der Waals surface area contributed by atoms with Crippen LogP contribution in [0.1, 0.15) is 42.1 Å². The highest BCUT2D eigenvalue weighted by Gasteiger charge is 2.34. The van der Waals surface area contributed by atoms with Gasteiger partial charge in [-0.05, 0) is 55.3 Å². The number of para-hydroxylation sites is 1. The van der Waals surface area contributed by atoms with Crippen LogP contribution >= 0.6 is 11.3 Å². The highest BCUT2D eigenvalue weighted by Crippen LogP contribution is 2.42. The predicted molar refractivity (Wildman–Crippen MR) is 179 cm³/mol. The molecule has 6 rings (SSSR count). The predicted octanol–water partition coefficient (Wildman–Crippen LogP) is 4.70. The van der Waals surface area contributed by atoms with Crippen LogP contribution in [-0.2, 0) is 16.1 Å². The maximum absolute atomic E-state index is 14.4. The zero-order chi connectivity index (χ0) is 33.2. The van der Waals surface area contributed by atoms with Crippen LogP contribution < -0.4 is 29.1 Å². The zero-order valence-corrected chi connectivity index (χ0v) is 27.4. The Morgan fingerprint density at radius 3 is 2.43 bits per heavy atom. The number of benzene rings is 3. The molecule has 0 saturated heterocycles. The van der Waals surface area contributed by atoms with Gasteiger partial charge >= 0.3 is 5.97 Å². The summed E-state index contributed by atoms with van der Waals surface area (Å²) in [6.45, 7) is 4.11. The Morgan fingerprint density at radius 2 is 1.74 bits per heavy atom. The standard InChI is InChI=1S/C36H32N4O6S/c1-6-46-35(42)31-21(2)38-36-40(32(31)24-15-28(43-3)33(45-5)29(16-24)44-4)34(41)30(47-36)17-25-20-39(27-14-10-9-13-26(25)27)19-23-12-8-7-11-22(23)18-37/h7-17,20,32H,6,19H2,1-5H3/b30-17-/t32-/m1/s1. The molecule has 0 aliphatic carbocycles. The van der Waals surface area contributed by atoms with Gasteiger partial charge in [-0.2, -0.15) is 5.26 Å². The van der Waals surface area contributed by atoms with Crippen molar-refractivity contribution in [3.8, 4) is 23.3 Å². The number of fused-ring (bicyclic) bond motifs is 2. The molecule has 3 heterocycles. The molecular weight excluding hydrogens is 616 g/mol. The van der Waals surface area contributed by atoms with E-state index in [2.05, 4.69) is 10.6 Å². The van der Waals surface area contributed by atoms with Crippen molar-refractivity contribution < 1.29 is 23.7 Å². The Bertz CT molecular complexity index is 2260. The largest absolute Gasteiger partial charge is 0.493 e. The molecule has 47 heavy (non-hydrogen) atoms. The summed E-state index contributed by atoms with van der Waals surface area (Å²) >= 11 is 1.24. The molecule has 0 unspecified atom stereocenters. The smallest absolute Gasteiger partial charge is 0.338 e. The maximum atomic E-state index is 14.4. The first-order valence-corrected chi connectivity index (χ1v) is 15.7. The molecule has 1 atom stereocenters. The van der Waals surface area contributed by atoms with Crippen LogP contribution in [0.5, 0.6) is 17.2 Å². The van der Waals surface area contributed by atoms with Crippen LogP contribution in [0.25, 0.3) is 17.0 Å². The van der Waals surface area contributed by atoms with Gasteiger partial charge in [0.1, 0.15) is 0 Å². The third kappa shape index (κ3) is 5.57. The average Bonchev–Trinajstić information content (AvgIpc) is 3.59. The highest BCUT2D eigenvalue weighted by atomic mass is 32.1. The molecule has 0 N–H and O–H groups in total. The molecule has 2 aromatic heterocycles. The minimum atomic E-state index is -0.870. The first-order valence-electron chi connectivity index (χ1n) is 14.9. The Kier molecular flexibility index (Phi) is 8.70. The van der Waals surface area contributed by atoms with Crippen LogP contribution in [-0.4, -0.2) is 43.0 Å². The van der Waals surface area contributed by atoms with Gasteiger partial charge in [0.15, 0.2) is 16.3 Å². The number of ether oxygens (including phenoxy) is 4. The second kappa shape index (κ2) is 13.0. The Labute approximate surface area is 274 Å². The van der Waals surface area contributed by atoms with E-state index in [-0.39, 0.29) is 17.7 Å². The number of rotatable bonds is 9. The van der Waals surface area contributed by atoms with Gasteiger partial charge in [0.25, 0.3) is 5.56 Å². The van der Waals surface area contributed by atoms with Crippen LogP contribution in [0.4, 0.5) is 0 Å². The number of allylic oxidation sites excluding steroid dienone is 1. The second-order valence-electron chi connectivity index (χ2n) is 10.8. The van der Waals surface area contributed by atoms with E-state index in [9.17, 15) is 14.9 Å². The lowest BCUT2D eigenvalue weighted by atomic mass is 9.95. The third-order valence-corrected chi connectivity index (χ3v) is 9.09. The van der Waals surface area contributed by atoms with E-state index in [1.165, 1.54) is 37.2 Å². The number of nitriles is 1. The fourth-order valence-electron chi connectivity index (χ4n) is 5.98. The minimum Gasteiger partial charge on any atom is -0.493 e. The van der Waals surface area contributed by atoms with Gasteiger partial charge in [-0.15, -0.1) is 0 Å².